The average Bonchev–Trinajstić information content (AvgIpc) is 3.26. The molecule has 3 unspecified atom stereocenters. The Labute approximate surface area is 383 Å². The van der Waals surface area contributed by atoms with Gasteiger partial charge in [-0.2, -0.15) is 0 Å². The first kappa shape index (κ1) is 59.3. The minimum absolute atomic E-state index is 0.0436. The van der Waals surface area contributed by atoms with E-state index in [0.717, 1.165) is 89.9 Å². The van der Waals surface area contributed by atoms with Crippen molar-refractivity contribution in [2.24, 2.45) is 0 Å². The van der Waals surface area contributed by atoms with E-state index in [-0.39, 0.29) is 24.9 Å². The van der Waals surface area contributed by atoms with Gasteiger partial charge in [0, 0.05) is 6.42 Å². The molecule has 0 aliphatic heterocycles. The minimum Gasteiger partial charge on any atom is -0.462 e. The number of ether oxygens (including phenoxy) is 1. The van der Waals surface area contributed by atoms with Gasteiger partial charge in [0.2, 0.25) is 5.91 Å². The second kappa shape index (κ2) is 49.3. The van der Waals surface area contributed by atoms with Gasteiger partial charge in [-0.15, -0.1) is 0 Å². The zero-order valence-electron chi connectivity index (χ0n) is 40.7. The number of amides is 1. The van der Waals surface area contributed by atoms with Crippen LogP contribution in [-0.4, -0.2) is 46.9 Å². The van der Waals surface area contributed by atoms with Crippen molar-refractivity contribution in [2.75, 3.05) is 6.61 Å². The van der Waals surface area contributed by atoms with Gasteiger partial charge in [-0.05, 0) is 70.6 Å². The monoisotopic (exact) mass is 866 g/mol. The Morgan fingerprint density at radius 2 is 0.871 bits per heavy atom. The van der Waals surface area contributed by atoms with Gasteiger partial charge in [-0.3, -0.25) is 9.59 Å². The highest BCUT2D eigenvalue weighted by Crippen LogP contribution is 2.17. The Hall–Kier alpha value is -2.70. The maximum absolute atomic E-state index is 13.2. The summed E-state index contributed by atoms with van der Waals surface area (Å²) in [5.41, 5.74) is 0. The third-order valence-corrected chi connectivity index (χ3v) is 11.6. The number of hydrogen-bond acceptors (Lipinski definition) is 5. The number of carbonyl (C=O) groups is 2. The number of nitrogens with one attached hydrogen (secondary N) is 1. The Morgan fingerprint density at radius 3 is 1.32 bits per heavy atom. The molecule has 0 radical (unpaired) electrons. The summed E-state index contributed by atoms with van der Waals surface area (Å²) in [6.07, 6.45) is 62.5. The first-order valence-electron chi connectivity index (χ1n) is 26.2. The van der Waals surface area contributed by atoms with Crippen molar-refractivity contribution in [3.63, 3.8) is 0 Å². The maximum atomic E-state index is 13.2. The predicted octanol–water partition coefficient (Wildman–Crippen LogP) is 15.8. The Bertz CT molecular complexity index is 1150. The largest absolute Gasteiger partial charge is 0.462 e. The van der Waals surface area contributed by atoms with Gasteiger partial charge >= 0.3 is 5.97 Å². The Balaban J connectivity index is 4.59. The number of allylic oxidation sites excluding steroid dienone is 12. The van der Waals surface area contributed by atoms with Crippen LogP contribution >= 0.6 is 0 Å². The topological polar surface area (TPSA) is 95.9 Å². The number of aliphatic hydroxyl groups excluding tert-OH is 2. The molecule has 0 saturated heterocycles. The summed E-state index contributed by atoms with van der Waals surface area (Å²) in [5, 5.41) is 23.8. The second-order valence-corrected chi connectivity index (χ2v) is 17.7. The SMILES string of the molecule is CC/C=C/C=C/C=C\CCCCCC(CC(=O)NC(CO)C(O)CCCCCCCCCCCCCCCC)OC(=O)CCCCCCC/C=C/C=C/C=C/CCCCCCC. The van der Waals surface area contributed by atoms with Crippen molar-refractivity contribution in [3.8, 4) is 0 Å². The van der Waals surface area contributed by atoms with E-state index < -0.39 is 18.2 Å². The number of aliphatic hydroxyl groups is 2. The van der Waals surface area contributed by atoms with Gasteiger partial charge in [-0.25, -0.2) is 0 Å². The van der Waals surface area contributed by atoms with E-state index >= 15 is 0 Å². The normalized spacial score (nSPS) is 13.8. The lowest BCUT2D eigenvalue weighted by atomic mass is 10.0. The third-order valence-electron chi connectivity index (χ3n) is 11.6. The van der Waals surface area contributed by atoms with Crippen LogP contribution in [-0.2, 0) is 14.3 Å². The highest BCUT2D eigenvalue weighted by Gasteiger charge is 2.24. The highest BCUT2D eigenvalue weighted by atomic mass is 16.5. The smallest absolute Gasteiger partial charge is 0.306 e. The standard InChI is InChI=1S/C56H99NO5/c1-4-7-10-13-16-19-22-24-26-27-28-29-31-34-37-40-43-46-49-56(61)62-52(47-44-41-38-35-32-21-18-15-12-9-6-3)50-55(60)57-53(51-58)54(59)48-45-42-39-36-33-30-25-23-20-17-14-11-8-5-2/h9,12,15,18,21-22,24,26-29,32,52-54,58-59H,4-8,10-11,13-14,16-17,19-20,23,25,30-31,33-51H2,1-3H3,(H,57,60)/b12-9+,18-15+,24-22+,27-26+,29-28+,32-21-. The van der Waals surface area contributed by atoms with Gasteiger partial charge in [0.25, 0.3) is 0 Å². The predicted molar refractivity (Wildman–Crippen MR) is 268 cm³/mol. The van der Waals surface area contributed by atoms with Crippen LogP contribution in [0.3, 0.4) is 0 Å². The number of carbonyl (C=O) groups excluding carboxylic acids is 2. The van der Waals surface area contributed by atoms with E-state index in [0.29, 0.717) is 19.3 Å². The van der Waals surface area contributed by atoms with Crippen molar-refractivity contribution >= 4 is 11.9 Å². The molecule has 0 rings (SSSR count). The molecule has 358 valence electrons. The van der Waals surface area contributed by atoms with E-state index in [4.69, 9.17) is 4.74 Å². The van der Waals surface area contributed by atoms with Crippen LogP contribution in [0.4, 0.5) is 0 Å². The molecule has 0 heterocycles. The summed E-state index contributed by atoms with van der Waals surface area (Å²) in [6, 6.07) is -0.719. The van der Waals surface area contributed by atoms with Crippen LogP contribution in [0.2, 0.25) is 0 Å². The van der Waals surface area contributed by atoms with Gasteiger partial charge < -0.3 is 20.3 Å². The molecular weight excluding hydrogens is 767 g/mol. The number of unbranched alkanes of at least 4 members (excludes halogenated alkanes) is 26. The van der Waals surface area contributed by atoms with Crippen LogP contribution in [0.15, 0.2) is 72.9 Å². The molecular formula is C56H99NO5. The average molecular weight is 866 g/mol. The molecule has 0 saturated carbocycles. The molecule has 0 aromatic carbocycles. The van der Waals surface area contributed by atoms with E-state index in [2.05, 4.69) is 86.8 Å². The van der Waals surface area contributed by atoms with E-state index in [9.17, 15) is 19.8 Å². The van der Waals surface area contributed by atoms with Crippen LogP contribution in [0, 0.1) is 0 Å². The number of esters is 1. The molecule has 0 aromatic heterocycles. The molecule has 0 spiro atoms. The molecule has 0 aliphatic carbocycles. The molecule has 6 nitrogen and oxygen atoms in total. The fourth-order valence-corrected chi connectivity index (χ4v) is 7.67. The summed E-state index contributed by atoms with van der Waals surface area (Å²) in [4.78, 5) is 26.1. The van der Waals surface area contributed by atoms with E-state index in [1.54, 1.807) is 0 Å². The lowest BCUT2D eigenvalue weighted by molar-refractivity contribution is -0.151. The van der Waals surface area contributed by atoms with Gasteiger partial charge in [0.05, 0.1) is 25.2 Å². The Kier molecular flexibility index (Phi) is 47.2. The van der Waals surface area contributed by atoms with Gasteiger partial charge in [-0.1, -0.05) is 235 Å². The molecule has 3 atom stereocenters. The van der Waals surface area contributed by atoms with Gasteiger partial charge in [0.1, 0.15) is 6.10 Å². The molecule has 3 N–H and O–H groups in total. The fourth-order valence-electron chi connectivity index (χ4n) is 7.67. The molecule has 62 heavy (non-hydrogen) atoms. The Morgan fingerprint density at radius 1 is 0.484 bits per heavy atom. The summed E-state index contributed by atoms with van der Waals surface area (Å²) in [6.45, 7) is 6.32. The van der Waals surface area contributed by atoms with Crippen molar-refractivity contribution in [1.29, 1.82) is 0 Å². The molecule has 1 amide bonds. The molecule has 0 fully saturated rings. The second-order valence-electron chi connectivity index (χ2n) is 17.7. The first-order chi connectivity index (χ1) is 30.5. The zero-order valence-corrected chi connectivity index (χ0v) is 40.7. The summed E-state index contributed by atoms with van der Waals surface area (Å²) >= 11 is 0. The van der Waals surface area contributed by atoms with E-state index in [1.165, 1.54) is 109 Å². The van der Waals surface area contributed by atoms with E-state index in [1.807, 2.05) is 12.2 Å². The highest BCUT2D eigenvalue weighted by molar-refractivity contribution is 5.77. The molecule has 0 aliphatic rings. The van der Waals surface area contributed by atoms with Crippen LogP contribution < -0.4 is 5.32 Å². The quantitative estimate of drug-likeness (QED) is 0.0322. The first-order valence-corrected chi connectivity index (χ1v) is 26.2. The van der Waals surface area contributed by atoms with Crippen molar-refractivity contribution < 1.29 is 24.5 Å². The van der Waals surface area contributed by atoms with Crippen molar-refractivity contribution in [2.45, 2.75) is 264 Å². The molecule has 6 heteroatoms. The fraction of sp³-hybridized carbons (Fsp3) is 0.750. The third kappa shape index (κ3) is 43.9. The summed E-state index contributed by atoms with van der Waals surface area (Å²) in [5.74, 6) is -0.533. The molecule has 0 aromatic rings. The van der Waals surface area contributed by atoms with Gasteiger partial charge in [0.15, 0.2) is 0 Å². The van der Waals surface area contributed by atoms with Crippen molar-refractivity contribution in [3.05, 3.63) is 72.9 Å². The minimum atomic E-state index is -0.803. The zero-order chi connectivity index (χ0) is 45.2. The van der Waals surface area contributed by atoms with Crippen LogP contribution in [0.25, 0.3) is 0 Å². The lowest BCUT2D eigenvalue weighted by Crippen LogP contribution is -2.46. The van der Waals surface area contributed by atoms with Crippen LogP contribution in [0.1, 0.15) is 245 Å². The number of rotatable bonds is 46. The maximum Gasteiger partial charge on any atom is 0.306 e. The summed E-state index contributed by atoms with van der Waals surface area (Å²) < 4.78 is 5.90. The lowest BCUT2D eigenvalue weighted by Gasteiger charge is -2.24. The van der Waals surface area contributed by atoms with Crippen LogP contribution in [0.5, 0.6) is 0 Å². The molecule has 0 bridgehead atoms. The summed E-state index contributed by atoms with van der Waals surface area (Å²) in [7, 11) is 0. The van der Waals surface area contributed by atoms with Crippen molar-refractivity contribution in [1.82, 2.24) is 5.32 Å². The number of hydrogen-bond donors (Lipinski definition) is 3.